The van der Waals surface area contributed by atoms with Crippen molar-refractivity contribution in [3.63, 3.8) is 0 Å². The summed E-state index contributed by atoms with van der Waals surface area (Å²) in [5, 5.41) is 12.8. The SMILES string of the molecule is C.CC(C)c1ccc(CCOc2ccc(CC3SC(=O)NC3=O)cc2)nc1.CC(O)c1ccc(CCOc2ccc(CC3SC(=O)NC3=O)cc2)nc1.Cl.[I][V][I]. The number of aliphatic hydroxyl groups is 1. The molecule has 17 heteroatoms. The van der Waals surface area contributed by atoms with Crippen molar-refractivity contribution in [2.24, 2.45) is 0 Å². The van der Waals surface area contributed by atoms with Gasteiger partial charge in [0.1, 0.15) is 11.5 Å². The Labute approximate surface area is 378 Å². The first-order valence-corrected chi connectivity index (χ1v) is 28.2. The van der Waals surface area contributed by atoms with E-state index >= 15 is 0 Å². The molecule has 11 nitrogen and oxygen atoms in total. The molecule has 2 aliphatic heterocycles. The summed E-state index contributed by atoms with van der Waals surface area (Å²) in [7, 11) is 0.628. The first-order valence-electron chi connectivity index (χ1n) is 17.4. The first-order chi connectivity index (χ1) is 26.4. The zero-order chi connectivity index (χ0) is 39.7. The molecular weight excluding hydrogens is 1050 g/mol. The fraction of sp³-hybridized carbons (Fsp3) is 0.350. The maximum absolute atomic E-state index is 11.6. The van der Waals surface area contributed by atoms with E-state index < -0.39 is 6.10 Å². The number of hydrogen-bond donors (Lipinski definition) is 3. The van der Waals surface area contributed by atoms with E-state index in [2.05, 4.69) is 80.5 Å². The van der Waals surface area contributed by atoms with Crippen molar-refractivity contribution < 1.29 is 43.2 Å². The van der Waals surface area contributed by atoms with Crippen LogP contribution in [0.3, 0.4) is 0 Å². The van der Waals surface area contributed by atoms with Crippen LogP contribution < -0.4 is 20.1 Å². The second-order valence-electron chi connectivity index (χ2n) is 12.7. The van der Waals surface area contributed by atoms with Gasteiger partial charge in [0, 0.05) is 36.6 Å². The molecule has 2 aromatic carbocycles. The number of aliphatic hydroxyl groups excluding tert-OH is 1. The number of carbonyl (C=O) groups is 4. The molecule has 307 valence electrons. The monoisotopic (exact) mass is 1100 g/mol. The third-order valence-corrected chi connectivity index (χ3v) is 10.3. The summed E-state index contributed by atoms with van der Waals surface area (Å²) in [5.74, 6) is 1.57. The van der Waals surface area contributed by atoms with Gasteiger partial charge in [-0.3, -0.25) is 39.8 Å². The third kappa shape index (κ3) is 17.8. The molecule has 2 fully saturated rings. The Hall–Kier alpha value is -2.39. The predicted octanol–water partition coefficient (Wildman–Crippen LogP) is 9.20. The maximum atomic E-state index is 11.6. The second kappa shape index (κ2) is 26.7. The topological polar surface area (TPSA) is 157 Å². The number of hydrogen-bond acceptors (Lipinski definition) is 11. The van der Waals surface area contributed by atoms with E-state index in [9.17, 15) is 24.3 Å². The van der Waals surface area contributed by atoms with Crippen molar-refractivity contribution in [3.05, 3.63) is 119 Å². The zero-order valence-corrected chi connectivity index (χ0v) is 39.0. The molecule has 2 aliphatic rings. The van der Waals surface area contributed by atoms with Crippen LogP contribution in [0, 0.1) is 0 Å². The molecular formula is C40H47ClI2N4O7S2V. The molecule has 57 heavy (non-hydrogen) atoms. The number of thioether (sulfide) groups is 2. The second-order valence-corrected chi connectivity index (χ2v) is 26.9. The number of carbonyl (C=O) groups excluding carboxylic acids is 4. The number of benzene rings is 2. The fourth-order valence-corrected chi connectivity index (χ4v) is 6.95. The number of aromatic nitrogens is 2. The Morgan fingerprint density at radius 1 is 0.684 bits per heavy atom. The summed E-state index contributed by atoms with van der Waals surface area (Å²) in [6.07, 6.45) is 5.56. The third-order valence-electron chi connectivity index (χ3n) is 8.32. The van der Waals surface area contributed by atoms with Crippen LogP contribution in [0.25, 0.3) is 0 Å². The van der Waals surface area contributed by atoms with Crippen LogP contribution in [-0.2, 0) is 44.7 Å². The predicted molar refractivity (Wildman–Crippen MR) is 244 cm³/mol. The molecule has 0 bridgehead atoms. The van der Waals surface area contributed by atoms with Gasteiger partial charge >= 0.3 is 49.4 Å². The zero-order valence-electron chi connectivity index (χ0n) is 30.9. The number of ether oxygens (including phenoxy) is 2. The van der Waals surface area contributed by atoms with Gasteiger partial charge in [-0.2, -0.15) is 0 Å². The van der Waals surface area contributed by atoms with Crippen LogP contribution in [0.1, 0.15) is 73.9 Å². The van der Waals surface area contributed by atoms with E-state index in [0.29, 0.717) is 47.9 Å². The number of imide groups is 2. The molecule has 3 unspecified atom stereocenters. The minimum absolute atomic E-state index is 0. The molecule has 4 amide bonds. The van der Waals surface area contributed by atoms with E-state index in [1.807, 2.05) is 72.9 Å². The summed E-state index contributed by atoms with van der Waals surface area (Å²) in [6, 6.07) is 23.1. The number of amides is 4. The Balaban J connectivity index is 0.000000356. The van der Waals surface area contributed by atoms with Crippen molar-refractivity contribution in [1.82, 2.24) is 20.6 Å². The molecule has 3 atom stereocenters. The van der Waals surface area contributed by atoms with Gasteiger partial charge in [0.05, 0.1) is 29.8 Å². The molecule has 4 aromatic rings. The molecule has 0 saturated carbocycles. The molecule has 2 aromatic heterocycles. The van der Waals surface area contributed by atoms with E-state index in [0.717, 1.165) is 69.5 Å². The van der Waals surface area contributed by atoms with Crippen molar-refractivity contribution in [2.45, 2.75) is 76.4 Å². The van der Waals surface area contributed by atoms with Crippen LogP contribution in [0.5, 0.6) is 11.5 Å². The minimum atomic E-state index is -0.516. The molecule has 3 N–H and O–H groups in total. The Bertz CT molecular complexity index is 1730. The average molecular weight is 1100 g/mol. The molecule has 0 radical (unpaired) electrons. The number of rotatable bonds is 14. The van der Waals surface area contributed by atoms with Gasteiger partial charge in [0.15, 0.2) is 0 Å². The van der Waals surface area contributed by atoms with Crippen molar-refractivity contribution in [1.29, 1.82) is 0 Å². The van der Waals surface area contributed by atoms with E-state index in [1.54, 1.807) is 13.1 Å². The summed E-state index contributed by atoms with van der Waals surface area (Å²) in [6.45, 7) is 7.07. The van der Waals surface area contributed by atoms with Crippen LogP contribution in [0.4, 0.5) is 9.59 Å². The van der Waals surface area contributed by atoms with Crippen molar-refractivity contribution >= 4 is 98.2 Å². The fourth-order valence-electron chi connectivity index (χ4n) is 5.23. The molecule has 0 spiro atoms. The first kappa shape index (κ1) is 50.8. The van der Waals surface area contributed by atoms with Crippen molar-refractivity contribution in [3.8, 4) is 11.5 Å². The van der Waals surface area contributed by atoms with Crippen LogP contribution >= 0.6 is 75.9 Å². The van der Waals surface area contributed by atoms with Gasteiger partial charge in [0.2, 0.25) is 11.8 Å². The number of halogens is 3. The molecule has 6 rings (SSSR count). The van der Waals surface area contributed by atoms with E-state index in [-0.39, 0.29) is 52.6 Å². The quantitative estimate of drug-likeness (QED) is 0.104. The summed E-state index contributed by atoms with van der Waals surface area (Å²) >= 11 is 6.82. The van der Waals surface area contributed by atoms with Gasteiger partial charge in [-0.25, -0.2) is 0 Å². The standard InChI is InChI=1S/C20H22N2O3S.C19H20N2O4S.CH4.ClH.2HI.V/c1-13(2)15-5-6-16(21-12-15)9-10-25-17-7-3-14(4-8-17)11-18-19(23)22-20(24)26-18;1-12(22)14-4-5-15(20-11-14)8-9-25-16-6-2-13(3-7-16)10-17-18(23)21-19(24)26-17;;;;;/h3-8,12-13,18H,9-11H2,1-2H3,(H,22,23,24);2-7,11-12,17,22H,8-10H2,1H3,(H,21,23,24);1H4;3*1H;/q;;;;;;+2/p-2. The average Bonchev–Trinajstić information content (AvgIpc) is 3.66. The number of pyridine rings is 2. The van der Waals surface area contributed by atoms with Crippen LogP contribution in [0.2, 0.25) is 0 Å². The molecule has 4 heterocycles. The van der Waals surface area contributed by atoms with Crippen LogP contribution in [0.15, 0.2) is 85.2 Å². The van der Waals surface area contributed by atoms with Gasteiger partial charge in [-0.05, 0) is 84.3 Å². The van der Waals surface area contributed by atoms with Crippen molar-refractivity contribution in [2.75, 3.05) is 13.2 Å². The van der Waals surface area contributed by atoms with Crippen LogP contribution in [-0.4, -0.2) is 61.1 Å². The summed E-state index contributed by atoms with van der Waals surface area (Å²) in [4.78, 5) is 54.4. The summed E-state index contributed by atoms with van der Waals surface area (Å²) < 4.78 is 11.5. The Morgan fingerprint density at radius 3 is 1.37 bits per heavy atom. The van der Waals surface area contributed by atoms with Gasteiger partial charge in [-0.1, -0.05) is 81.2 Å². The van der Waals surface area contributed by atoms with Gasteiger partial charge in [0.25, 0.3) is 10.5 Å². The number of nitrogens with one attached hydrogen (secondary N) is 2. The van der Waals surface area contributed by atoms with Gasteiger partial charge < -0.3 is 14.6 Å². The molecule has 2 saturated heterocycles. The Morgan fingerprint density at radius 2 is 1.07 bits per heavy atom. The molecule has 0 aliphatic carbocycles. The van der Waals surface area contributed by atoms with Gasteiger partial charge in [-0.15, -0.1) is 12.4 Å². The van der Waals surface area contributed by atoms with E-state index in [1.165, 1.54) is 5.56 Å². The Kier molecular flexibility index (Phi) is 23.7. The normalized spacial score (nSPS) is 16.1. The summed E-state index contributed by atoms with van der Waals surface area (Å²) in [5.41, 5.74) is 5.93. The number of nitrogens with zero attached hydrogens (tertiary/aromatic N) is 2. The van der Waals surface area contributed by atoms with E-state index in [4.69, 9.17) is 9.47 Å².